The van der Waals surface area contributed by atoms with Crippen molar-refractivity contribution in [3.05, 3.63) is 12.4 Å². The summed E-state index contributed by atoms with van der Waals surface area (Å²) in [6.07, 6.45) is 9.94. The van der Waals surface area contributed by atoms with E-state index in [-0.39, 0.29) is 0 Å². The standard InChI is InChI=1S/C16H26N4O2/c1-2-4-14(5-3-1)19-16-17-12-15(13-18-16)22-11-8-20-6-9-21-10-7-20/h12-14H,1-11H2,(H,17,18,19). The number of hydrogen-bond donors (Lipinski definition) is 1. The van der Waals surface area contributed by atoms with Gasteiger partial charge < -0.3 is 14.8 Å². The molecule has 0 aromatic carbocycles. The monoisotopic (exact) mass is 306 g/mol. The van der Waals surface area contributed by atoms with E-state index in [1.165, 1.54) is 32.1 Å². The van der Waals surface area contributed by atoms with Gasteiger partial charge in [-0.25, -0.2) is 9.97 Å². The summed E-state index contributed by atoms with van der Waals surface area (Å²) in [5.74, 6) is 1.45. The Kier molecular flexibility index (Phi) is 5.84. The molecule has 1 aliphatic carbocycles. The van der Waals surface area contributed by atoms with Crippen LogP contribution in [-0.4, -0.2) is 60.4 Å². The molecule has 1 aliphatic heterocycles. The first-order valence-electron chi connectivity index (χ1n) is 8.41. The van der Waals surface area contributed by atoms with Crippen LogP contribution in [0, 0.1) is 0 Å². The van der Waals surface area contributed by atoms with Crippen molar-refractivity contribution in [1.29, 1.82) is 0 Å². The maximum absolute atomic E-state index is 5.72. The van der Waals surface area contributed by atoms with Gasteiger partial charge in [-0.1, -0.05) is 19.3 Å². The van der Waals surface area contributed by atoms with Crippen LogP contribution in [0.25, 0.3) is 0 Å². The normalized spacial score (nSPS) is 20.7. The maximum Gasteiger partial charge on any atom is 0.223 e. The van der Waals surface area contributed by atoms with Crippen molar-refractivity contribution in [3.63, 3.8) is 0 Å². The van der Waals surface area contributed by atoms with Crippen LogP contribution in [0.3, 0.4) is 0 Å². The van der Waals surface area contributed by atoms with E-state index in [1.54, 1.807) is 12.4 Å². The van der Waals surface area contributed by atoms with Crippen LogP contribution in [0.1, 0.15) is 32.1 Å². The zero-order valence-corrected chi connectivity index (χ0v) is 13.2. The molecular formula is C16H26N4O2. The average Bonchev–Trinajstić information content (AvgIpc) is 2.58. The molecule has 2 fully saturated rings. The minimum Gasteiger partial charge on any atom is -0.489 e. The molecule has 3 rings (SSSR count). The SMILES string of the molecule is c1nc(NC2CCCCC2)ncc1OCCN1CCOCC1. The molecule has 22 heavy (non-hydrogen) atoms. The number of nitrogens with zero attached hydrogens (tertiary/aromatic N) is 3. The van der Waals surface area contributed by atoms with Crippen molar-refractivity contribution in [2.75, 3.05) is 44.8 Å². The number of anilines is 1. The van der Waals surface area contributed by atoms with E-state index in [1.807, 2.05) is 0 Å². The molecule has 0 atom stereocenters. The van der Waals surface area contributed by atoms with E-state index < -0.39 is 0 Å². The molecule has 1 aromatic heterocycles. The molecule has 1 saturated carbocycles. The number of ether oxygens (including phenoxy) is 2. The van der Waals surface area contributed by atoms with Crippen LogP contribution in [0.4, 0.5) is 5.95 Å². The van der Waals surface area contributed by atoms with Gasteiger partial charge in [0, 0.05) is 25.7 Å². The molecule has 1 aromatic rings. The number of aromatic nitrogens is 2. The van der Waals surface area contributed by atoms with Gasteiger partial charge in [0.15, 0.2) is 5.75 Å². The predicted molar refractivity (Wildman–Crippen MR) is 85.3 cm³/mol. The minimum atomic E-state index is 0.529. The third-order valence-corrected chi connectivity index (χ3v) is 4.35. The molecule has 0 bridgehead atoms. The first-order valence-corrected chi connectivity index (χ1v) is 8.41. The summed E-state index contributed by atoms with van der Waals surface area (Å²) < 4.78 is 11.0. The number of rotatable bonds is 6. The van der Waals surface area contributed by atoms with Crippen LogP contribution < -0.4 is 10.1 Å². The van der Waals surface area contributed by atoms with Crippen molar-refractivity contribution < 1.29 is 9.47 Å². The first kappa shape index (κ1) is 15.5. The van der Waals surface area contributed by atoms with Gasteiger partial charge in [0.2, 0.25) is 5.95 Å². The van der Waals surface area contributed by atoms with E-state index in [2.05, 4.69) is 20.2 Å². The average molecular weight is 306 g/mol. The fourth-order valence-electron chi connectivity index (χ4n) is 3.01. The van der Waals surface area contributed by atoms with Gasteiger partial charge in [-0.05, 0) is 12.8 Å². The molecule has 0 spiro atoms. The van der Waals surface area contributed by atoms with Gasteiger partial charge in [-0.15, -0.1) is 0 Å². The summed E-state index contributed by atoms with van der Waals surface area (Å²) in [5.41, 5.74) is 0. The summed E-state index contributed by atoms with van der Waals surface area (Å²) in [5, 5.41) is 3.42. The Morgan fingerprint density at radius 1 is 1.14 bits per heavy atom. The molecule has 1 saturated heterocycles. The van der Waals surface area contributed by atoms with Crippen molar-refractivity contribution in [1.82, 2.24) is 14.9 Å². The lowest BCUT2D eigenvalue weighted by Gasteiger charge is -2.26. The van der Waals surface area contributed by atoms with Crippen LogP contribution in [0.2, 0.25) is 0 Å². The summed E-state index contributed by atoms with van der Waals surface area (Å²) in [4.78, 5) is 11.1. The van der Waals surface area contributed by atoms with Crippen molar-refractivity contribution in [3.8, 4) is 5.75 Å². The molecule has 0 radical (unpaired) electrons. The Morgan fingerprint density at radius 3 is 2.59 bits per heavy atom. The maximum atomic E-state index is 5.72. The summed E-state index contributed by atoms with van der Waals surface area (Å²) in [6, 6.07) is 0.529. The highest BCUT2D eigenvalue weighted by atomic mass is 16.5. The fraction of sp³-hybridized carbons (Fsp3) is 0.750. The van der Waals surface area contributed by atoms with Crippen molar-refractivity contribution >= 4 is 5.95 Å². The second-order valence-corrected chi connectivity index (χ2v) is 6.02. The third-order valence-electron chi connectivity index (χ3n) is 4.35. The highest BCUT2D eigenvalue weighted by Crippen LogP contribution is 2.20. The quantitative estimate of drug-likeness (QED) is 0.866. The Morgan fingerprint density at radius 2 is 1.86 bits per heavy atom. The summed E-state index contributed by atoms with van der Waals surface area (Å²) in [6.45, 7) is 5.22. The lowest BCUT2D eigenvalue weighted by Crippen LogP contribution is -2.38. The molecule has 6 heteroatoms. The third kappa shape index (κ3) is 4.81. The Labute approximate surface area is 132 Å². The summed E-state index contributed by atoms with van der Waals surface area (Å²) >= 11 is 0. The second-order valence-electron chi connectivity index (χ2n) is 6.02. The van der Waals surface area contributed by atoms with Crippen molar-refractivity contribution in [2.45, 2.75) is 38.1 Å². The largest absolute Gasteiger partial charge is 0.489 e. The molecule has 0 unspecified atom stereocenters. The van der Waals surface area contributed by atoms with E-state index in [9.17, 15) is 0 Å². The number of morpholine rings is 1. The minimum absolute atomic E-state index is 0.529. The van der Waals surface area contributed by atoms with Gasteiger partial charge in [-0.2, -0.15) is 0 Å². The Bertz CT molecular complexity index is 428. The molecule has 0 amide bonds. The first-order chi connectivity index (χ1) is 10.9. The smallest absolute Gasteiger partial charge is 0.223 e. The van der Waals surface area contributed by atoms with Gasteiger partial charge in [0.05, 0.1) is 25.6 Å². The Balaban J connectivity index is 1.39. The Hall–Kier alpha value is -1.40. The highest BCUT2D eigenvalue weighted by molar-refractivity contribution is 5.28. The van der Waals surface area contributed by atoms with E-state index in [0.29, 0.717) is 18.6 Å². The van der Waals surface area contributed by atoms with E-state index >= 15 is 0 Å². The van der Waals surface area contributed by atoms with Gasteiger partial charge in [-0.3, -0.25) is 4.90 Å². The molecule has 1 N–H and O–H groups in total. The van der Waals surface area contributed by atoms with Crippen LogP contribution >= 0.6 is 0 Å². The topological polar surface area (TPSA) is 59.5 Å². The predicted octanol–water partition coefficient (Wildman–Crippen LogP) is 1.93. The number of nitrogens with one attached hydrogen (secondary N) is 1. The van der Waals surface area contributed by atoms with Gasteiger partial charge >= 0.3 is 0 Å². The van der Waals surface area contributed by atoms with E-state index in [4.69, 9.17) is 9.47 Å². The van der Waals surface area contributed by atoms with Crippen molar-refractivity contribution in [2.24, 2.45) is 0 Å². The van der Waals surface area contributed by atoms with Crippen LogP contribution in [-0.2, 0) is 4.74 Å². The molecule has 122 valence electrons. The van der Waals surface area contributed by atoms with E-state index in [0.717, 1.165) is 38.6 Å². The van der Waals surface area contributed by atoms with Crippen LogP contribution in [0.5, 0.6) is 5.75 Å². The van der Waals surface area contributed by atoms with Gasteiger partial charge in [0.25, 0.3) is 0 Å². The lowest BCUT2D eigenvalue weighted by molar-refractivity contribution is 0.0322. The van der Waals surface area contributed by atoms with Gasteiger partial charge in [0.1, 0.15) is 6.61 Å². The molecule has 6 nitrogen and oxygen atoms in total. The zero-order valence-electron chi connectivity index (χ0n) is 13.2. The number of hydrogen-bond acceptors (Lipinski definition) is 6. The molecule has 2 heterocycles. The summed E-state index contributed by atoms with van der Waals surface area (Å²) in [7, 11) is 0. The second kappa shape index (κ2) is 8.29. The zero-order chi connectivity index (χ0) is 15.0. The molecular weight excluding hydrogens is 280 g/mol. The highest BCUT2D eigenvalue weighted by Gasteiger charge is 2.14. The molecule has 2 aliphatic rings. The fourth-order valence-corrected chi connectivity index (χ4v) is 3.01. The lowest BCUT2D eigenvalue weighted by atomic mass is 9.96. The van der Waals surface area contributed by atoms with Crippen LogP contribution in [0.15, 0.2) is 12.4 Å².